The van der Waals surface area contributed by atoms with E-state index in [1.54, 1.807) is 4.90 Å². The maximum atomic E-state index is 11.8. The molecule has 1 aromatic heterocycles. The Morgan fingerprint density at radius 2 is 2.15 bits per heavy atom. The van der Waals surface area contributed by atoms with Crippen LogP contribution in [0.3, 0.4) is 0 Å². The smallest absolute Gasteiger partial charge is 0.410 e. The van der Waals surface area contributed by atoms with E-state index in [9.17, 15) is 4.79 Å². The van der Waals surface area contributed by atoms with Crippen molar-refractivity contribution in [1.82, 2.24) is 20.0 Å². The highest BCUT2D eigenvalue weighted by molar-refractivity contribution is 5.69. The van der Waals surface area contributed by atoms with E-state index < -0.39 is 5.60 Å². The molecule has 1 saturated heterocycles. The normalized spacial score (nSPS) is 16.1. The number of nitrogens with one attached hydrogen (secondary N) is 1. The molecule has 1 fully saturated rings. The number of hydrogen-bond acceptors (Lipinski definition) is 4. The first-order chi connectivity index (χ1) is 9.26. The van der Waals surface area contributed by atoms with Crippen molar-refractivity contribution in [1.29, 1.82) is 0 Å². The Hall–Kier alpha value is -1.56. The van der Waals surface area contributed by atoms with Crippen molar-refractivity contribution in [2.24, 2.45) is 7.05 Å². The van der Waals surface area contributed by atoms with Gasteiger partial charge in [0, 0.05) is 44.0 Å². The van der Waals surface area contributed by atoms with Gasteiger partial charge in [-0.15, -0.1) is 0 Å². The van der Waals surface area contributed by atoms with Crippen LogP contribution in [0, 0.1) is 6.92 Å². The van der Waals surface area contributed by atoms with Crippen LogP contribution in [0.15, 0.2) is 6.20 Å². The second kappa shape index (κ2) is 5.44. The highest BCUT2D eigenvalue weighted by atomic mass is 16.6. The molecule has 2 rings (SSSR count). The summed E-state index contributed by atoms with van der Waals surface area (Å²) in [7, 11) is 1.94. The molecule has 0 spiro atoms. The maximum absolute atomic E-state index is 11.8. The summed E-state index contributed by atoms with van der Waals surface area (Å²) in [5, 5.41) is 7.65. The van der Waals surface area contributed by atoms with Crippen molar-refractivity contribution in [2.45, 2.75) is 45.9 Å². The Balaban J connectivity index is 1.72. The lowest BCUT2D eigenvalue weighted by Crippen LogP contribution is -2.60. The van der Waals surface area contributed by atoms with Crippen LogP contribution in [-0.2, 0) is 18.3 Å². The molecule has 0 aliphatic carbocycles. The van der Waals surface area contributed by atoms with Gasteiger partial charge in [0.2, 0.25) is 0 Å². The fraction of sp³-hybridized carbons (Fsp3) is 0.714. The quantitative estimate of drug-likeness (QED) is 0.910. The predicted molar refractivity (Wildman–Crippen MR) is 76.4 cm³/mol. The Morgan fingerprint density at radius 1 is 1.50 bits per heavy atom. The van der Waals surface area contributed by atoms with Crippen LogP contribution in [0.4, 0.5) is 4.79 Å². The second-order valence-electron chi connectivity index (χ2n) is 6.34. The molecule has 20 heavy (non-hydrogen) atoms. The fourth-order valence-corrected chi connectivity index (χ4v) is 2.06. The van der Waals surface area contributed by atoms with Crippen molar-refractivity contribution in [3.63, 3.8) is 0 Å². The lowest BCUT2D eigenvalue weighted by Gasteiger charge is -2.40. The molecule has 0 atom stereocenters. The van der Waals surface area contributed by atoms with Gasteiger partial charge in [-0.05, 0) is 27.7 Å². The van der Waals surface area contributed by atoms with E-state index in [0.717, 1.165) is 6.54 Å². The predicted octanol–water partition coefficient (Wildman–Crippen LogP) is 1.44. The molecule has 6 nitrogen and oxygen atoms in total. The lowest BCUT2D eigenvalue weighted by atomic mass is 10.1. The topological polar surface area (TPSA) is 59.4 Å². The summed E-state index contributed by atoms with van der Waals surface area (Å²) in [5.41, 5.74) is 1.94. The first-order valence-corrected chi connectivity index (χ1v) is 6.95. The minimum absolute atomic E-state index is 0.229. The van der Waals surface area contributed by atoms with Crippen molar-refractivity contribution in [2.75, 3.05) is 13.1 Å². The first kappa shape index (κ1) is 14.8. The number of aryl methyl sites for hydroxylation is 1. The third-order valence-electron chi connectivity index (χ3n) is 3.45. The highest BCUT2D eigenvalue weighted by Crippen LogP contribution is 2.15. The molecular formula is C14H24N4O2. The Morgan fingerprint density at radius 3 is 2.65 bits per heavy atom. The minimum Gasteiger partial charge on any atom is -0.444 e. The molecule has 112 valence electrons. The number of carbonyl (C=O) groups excluding carboxylic acids is 1. The summed E-state index contributed by atoms with van der Waals surface area (Å²) >= 11 is 0. The number of likely N-dealkylation sites (tertiary alicyclic amines) is 1. The van der Waals surface area contributed by atoms with Crippen molar-refractivity contribution in [3.05, 3.63) is 17.5 Å². The molecular weight excluding hydrogens is 256 g/mol. The molecule has 0 aromatic carbocycles. The monoisotopic (exact) mass is 280 g/mol. The molecule has 1 N–H and O–H groups in total. The van der Waals surface area contributed by atoms with Crippen LogP contribution >= 0.6 is 0 Å². The molecule has 1 aliphatic rings. The summed E-state index contributed by atoms with van der Waals surface area (Å²) in [6.07, 6.45) is 1.65. The van der Waals surface area contributed by atoms with Crippen molar-refractivity contribution >= 4 is 6.09 Å². The number of rotatable bonds is 3. The van der Waals surface area contributed by atoms with Gasteiger partial charge in [-0.2, -0.15) is 5.10 Å². The number of ether oxygens (including phenoxy) is 1. The van der Waals surface area contributed by atoms with Crippen LogP contribution in [0.2, 0.25) is 0 Å². The average Bonchev–Trinajstić information content (AvgIpc) is 2.56. The first-order valence-electron chi connectivity index (χ1n) is 6.95. The van der Waals surface area contributed by atoms with E-state index in [1.165, 1.54) is 11.3 Å². The van der Waals surface area contributed by atoms with E-state index in [4.69, 9.17) is 4.74 Å². The number of nitrogens with zero attached hydrogens (tertiary/aromatic N) is 3. The van der Waals surface area contributed by atoms with E-state index in [1.807, 2.05) is 38.7 Å². The zero-order chi connectivity index (χ0) is 14.9. The zero-order valence-corrected chi connectivity index (χ0v) is 12.9. The summed E-state index contributed by atoms with van der Waals surface area (Å²) in [4.78, 5) is 13.5. The Labute approximate surface area is 120 Å². The van der Waals surface area contributed by atoms with Crippen molar-refractivity contribution in [3.8, 4) is 0 Å². The third kappa shape index (κ3) is 3.50. The maximum Gasteiger partial charge on any atom is 0.410 e. The van der Waals surface area contributed by atoms with Gasteiger partial charge in [0.15, 0.2) is 0 Å². The van der Waals surface area contributed by atoms with Gasteiger partial charge in [0.1, 0.15) is 5.60 Å². The zero-order valence-electron chi connectivity index (χ0n) is 12.9. The highest BCUT2D eigenvalue weighted by Gasteiger charge is 2.33. The van der Waals surface area contributed by atoms with Crippen LogP contribution in [0.1, 0.15) is 32.0 Å². The third-order valence-corrected chi connectivity index (χ3v) is 3.45. The van der Waals surface area contributed by atoms with E-state index >= 15 is 0 Å². The SMILES string of the molecule is Cc1c(CNC2CN(C(=O)OC(C)(C)C)C2)cnn1C. The Bertz CT molecular complexity index is 484. The largest absolute Gasteiger partial charge is 0.444 e. The molecule has 6 heteroatoms. The molecule has 0 unspecified atom stereocenters. The molecule has 0 bridgehead atoms. The fourth-order valence-electron chi connectivity index (χ4n) is 2.06. The van der Waals surface area contributed by atoms with E-state index in [0.29, 0.717) is 19.1 Å². The van der Waals surface area contributed by atoms with Gasteiger partial charge in [0.25, 0.3) is 0 Å². The number of hydrogen-bond donors (Lipinski definition) is 1. The van der Waals surface area contributed by atoms with E-state index in [2.05, 4.69) is 17.3 Å². The Kier molecular flexibility index (Phi) is 4.04. The molecule has 1 amide bonds. The van der Waals surface area contributed by atoms with Gasteiger partial charge in [-0.1, -0.05) is 0 Å². The summed E-state index contributed by atoms with van der Waals surface area (Å²) in [6, 6.07) is 0.335. The molecule has 0 saturated carbocycles. The molecule has 1 aromatic rings. The number of carbonyl (C=O) groups is 1. The average molecular weight is 280 g/mol. The van der Waals surface area contributed by atoms with Crippen LogP contribution in [0.5, 0.6) is 0 Å². The van der Waals surface area contributed by atoms with Crippen LogP contribution < -0.4 is 5.32 Å². The number of amides is 1. The number of aromatic nitrogens is 2. The second-order valence-corrected chi connectivity index (χ2v) is 6.34. The molecule has 0 radical (unpaired) electrons. The van der Waals surface area contributed by atoms with Crippen LogP contribution in [0.25, 0.3) is 0 Å². The summed E-state index contributed by atoms with van der Waals surface area (Å²) in [5.74, 6) is 0. The van der Waals surface area contributed by atoms with Gasteiger partial charge < -0.3 is 15.0 Å². The summed E-state index contributed by atoms with van der Waals surface area (Å²) < 4.78 is 7.19. The standard InChI is InChI=1S/C14H24N4O2/c1-10-11(7-16-17(10)5)6-15-12-8-18(9-12)13(19)20-14(2,3)4/h7,12,15H,6,8-9H2,1-5H3. The van der Waals surface area contributed by atoms with E-state index in [-0.39, 0.29) is 6.09 Å². The van der Waals surface area contributed by atoms with Gasteiger partial charge in [-0.3, -0.25) is 4.68 Å². The minimum atomic E-state index is -0.428. The molecule has 1 aliphatic heterocycles. The lowest BCUT2D eigenvalue weighted by molar-refractivity contribution is 0.00518. The van der Waals surface area contributed by atoms with Crippen molar-refractivity contribution < 1.29 is 9.53 Å². The van der Waals surface area contributed by atoms with Gasteiger partial charge >= 0.3 is 6.09 Å². The van der Waals surface area contributed by atoms with Gasteiger partial charge in [-0.25, -0.2) is 4.79 Å². The molecule has 2 heterocycles. The van der Waals surface area contributed by atoms with Gasteiger partial charge in [0.05, 0.1) is 6.20 Å². The summed E-state index contributed by atoms with van der Waals surface area (Å²) in [6.45, 7) is 9.88. The van der Waals surface area contributed by atoms with Crippen LogP contribution in [-0.4, -0.2) is 45.5 Å².